The van der Waals surface area contributed by atoms with Gasteiger partial charge in [-0.3, -0.25) is 0 Å². The zero-order valence-electron chi connectivity index (χ0n) is 25.6. The number of benzene rings is 6. The fourth-order valence-electron chi connectivity index (χ4n) is 5.64. The molecule has 0 unspecified atom stereocenters. The van der Waals surface area contributed by atoms with Gasteiger partial charge in [-0.1, -0.05) is 97.1 Å². The van der Waals surface area contributed by atoms with Crippen molar-refractivity contribution in [3.8, 4) is 45.3 Å². The van der Waals surface area contributed by atoms with Gasteiger partial charge in [-0.2, -0.15) is 26.3 Å². The van der Waals surface area contributed by atoms with E-state index in [0.717, 1.165) is 24.3 Å². The second kappa shape index (κ2) is 13.0. The Bertz CT molecular complexity index is 1900. The summed E-state index contributed by atoms with van der Waals surface area (Å²) in [5.74, 6) is 1.58. The largest absolute Gasteiger partial charge is 0.455 e. The molecule has 6 aromatic carbocycles. The summed E-state index contributed by atoms with van der Waals surface area (Å²) < 4.78 is 101. The minimum absolute atomic E-state index is 0.285. The van der Waals surface area contributed by atoms with Gasteiger partial charge in [-0.25, -0.2) is 0 Å². The number of nitrogen functional groups attached to an aromatic ring is 2. The summed E-state index contributed by atoms with van der Waals surface area (Å²) in [5.41, 5.74) is 8.17. The quantitative estimate of drug-likeness (QED) is 0.125. The summed E-state index contributed by atoms with van der Waals surface area (Å²) in [6.07, 6.45) is -11.5. The first-order chi connectivity index (χ1) is 23.4. The molecule has 0 saturated carbocycles. The van der Waals surface area contributed by atoms with Crippen molar-refractivity contribution >= 4 is 11.4 Å². The Labute approximate surface area is 278 Å². The molecule has 0 bridgehead atoms. The molecule has 6 aromatic rings. The highest BCUT2D eigenvalue weighted by Gasteiger charge is 2.72. The van der Waals surface area contributed by atoms with Crippen LogP contribution in [0.5, 0.6) is 23.0 Å². The lowest BCUT2D eigenvalue weighted by Crippen LogP contribution is -2.54. The topological polar surface area (TPSA) is 70.5 Å². The average molecular weight is 671 g/mol. The Morgan fingerprint density at radius 2 is 0.714 bits per heavy atom. The highest BCUT2D eigenvalue weighted by molar-refractivity contribution is 5.72. The van der Waals surface area contributed by atoms with Crippen molar-refractivity contribution in [3.05, 3.63) is 157 Å². The van der Waals surface area contributed by atoms with Gasteiger partial charge in [0, 0.05) is 0 Å². The molecule has 0 aliphatic heterocycles. The highest BCUT2D eigenvalue weighted by Crippen LogP contribution is 2.56. The Kier molecular flexibility index (Phi) is 8.73. The first-order valence-corrected chi connectivity index (χ1v) is 15.0. The molecule has 0 atom stereocenters. The van der Waals surface area contributed by atoms with Gasteiger partial charge in [0.25, 0.3) is 0 Å². The number of anilines is 2. The molecule has 0 aliphatic carbocycles. The molecule has 4 N–H and O–H groups in total. The lowest BCUT2D eigenvalue weighted by atomic mass is 9.72. The molecule has 0 spiro atoms. The third-order valence-electron chi connectivity index (χ3n) is 8.12. The molecule has 10 heteroatoms. The molecular formula is C39H28F6N2O2. The lowest BCUT2D eigenvalue weighted by Gasteiger charge is -2.38. The molecular weight excluding hydrogens is 642 g/mol. The third kappa shape index (κ3) is 6.49. The average Bonchev–Trinajstić information content (AvgIpc) is 3.07. The first kappa shape index (κ1) is 33.0. The molecule has 4 nitrogen and oxygen atoms in total. The smallest absolute Gasteiger partial charge is 0.411 e. The van der Waals surface area contributed by atoms with Gasteiger partial charge in [-0.15, -0.1) is 0 Å². The summed E-state index contributed by atoms with van der Waals surface area (Å²) in [6.45, 7) is 0. The van der Waals surface area contributed by atoms with Crippen molar-refractivity contribution in [3.63, 3.8) is 0 Å². The summed E-state index contributed by atoms with van der Waals surface area (Å²) in [6, 6.07) is 35.3. The van der Waals surface area contributed by atoms with Crippen LogP contribution in [-0.2, 0) is 5.41 Å². The maximum atomic E-state index is 14.9. The maximum Gasteiger partial charge on any atom is 0.411 e. The van der Waals surface area contributed by atoms with E-state index < -0.39 is 28.9 Å². The molecule has 0 radical (unpaired) electrons. The number of nitrogens with two attached hydrogens (primary N) is 2. The van der Waals surface area contributed by atoms with Crippen molar-refractivity contribution < 1.29 is 35.8 Å². The fourth-order valence-corrected chi connectivity index (χ4v) is 5.64. The van der Waals surface area contributed by atoms with Gasteiger partial charge in [0.05, 0.1) is 11.4 Å². The van der Waals surface area contributed by atoms with Crippen LogP contribution in [-0.4, -0.2) is 12.4 Å². The van der Waals surface area contributed by atoms with E-state index in [1.54, 1.807) is 84.9 Å². The molecule has 0 saturated heterocycles. The van der Waals surface area contributed by atoms with Crippen molar-refractivity contribution in [2.45, 2.75) is 17.8 Å². The summed E-state index contributed by atoms with van der Waals surface area (Å²) in [7, 11) is 0. The van der Waals surface area contributed by atoms with Crippen LogP contribution in [0.15, 0.2) is 146 Å². The number of rotatable bonds is 8. The van der Waals surface area contributed by atoms with E-state index in [1.807, 2.05) is 12.1 Å². The summed E-state index contributed by atoms with van der Waals surface area (Å²) >= 11 is 0. The Balaban J connectivity index is 1.36. The van der Waals surface area contributed by atoms with E-state index in [0.29, 0.717) is 45.1 Å². The Morgan fingerprint density at radius 3 is 1.04 bits per heavy atom. The van der Waals surface area contributed by atoms with Crippen molar-refractivity contribution in [1.82, 2.24) is 0 Å². The summed E-state index contributed by atoms with van der Waals surface area (Å²) in [5, 5.41) is 0. The molecule has 248 valence electrons. The number of halogens is 6. The second-order valence-corrected chi connectivity index (χ2v) is 11.2. The lowest BCUT2D eigenvalue weighted by molar-refractivity contribution is -0.288. The molecule has 0 aromatic heterocycles. The van der Waals surface area contributed by atoms with Crippen LogP contribution < -0.4 is 20.9 Å². The van der Waals surface area contributed by atoms with Gasteiger partial charge in [0.15, 0.2) is 11.5 Å². The molecule has 0 fully saturated rings. The predicted molar refractivity (Wildman–Crippen MR) is 179 cm³/mol. The van der Waals surface area contributed by atoms with Crippen molar-refractivity contribution in [2.75, 3.05) is 11.5 Å². The normalized spacial score (nSPS) is 12.0. The van der Waals surface area contributed by atoms with Crippen LogP contribution in [0.2, 0.25) is 0 Å². The molecule has 6 rings (SSSR count). The van der Waals surface area contributed by atoms with Crippen LogP contribution in [0.25, 0.3) is 22.3 Å². The molecule has 0 aliphatic rings. The second-order valence-electron chi connectivity index (χ2n) is 11.2. The molecule has 0 amide bonds. The number of ether oxygens (including phenoxy) is 2. The first-order valence-electron chi connectivity index (χ1n) is 15.0. The number of hydrogen-bond donors (Lipinski definition) is 2. The van der Waals surface area contributed by atoms with Crippen LogP contribution in [0.4, 0.5) is 37.7 Å². The van der Waals surface area contributed by atoms with Crippen LogP contribution in [0.1, 0.15) is 11.1 Å². The van der Waals surface area contributed by atoms with Gasteiger partial charge >= 0.3 is 12.4 Å². The zero-order chi connectivity index (χ0) is 34.8. The van der Waals surface area contributed by atoms with Crippen molar-refractivity contribution in [2.24, 2.45) is 0 Å². The minimum Gasteiger partial charge on any atom is -0.455 e. The standard InChI is InChI=1S/C39H28F6N2O2/c40-38(41,42)37(39(43,44)45,29-17-11-25(12-18-29)27-15-21-33(46)35(23-27)48-31-7-3-1-4-8-31)30-19-13-26(14-20-30)28-16-22-34(47)36(24-28)49-32-9-5-2-6-10-32/h1-24H,46-47H2. The van der Waals surface area contributed by atoms with Crippen LogP contribution >= 0.6 is 0 Å². The SMILES string of the molecule is Nc1ccc(-c2ccc(C(c3ccc(-c4ccc(N)c(Oc5ccccc5)c4)cc3)(C(F)(F)F)C(F)(F)F)cc2)cc1Oc1ccccc1. The van der Waals surface area contributed by atoms with Gasteiger partial charge in [-0.05, 0) is 81.9 Å². The van der Waals surface area contributed by atoms with Crippen LogP contribution in [0.3, 0.4) is 0 Å². The number of para-hydroxylation sites is 2. The van der Waals surface area contributed by atoms with Gasteiger partial charge in [0.1, 0.15) is 11.5 Å². The summed E-state index contributed by atoms with van der Waals surface area (Å²) in [4.78, 5) is 0. The predicted octanol–water partition coefficient (Wildman–Crippen LogP) is 11.2. The van der Waals surface area contributed by atoms with E-state index in [-0.39, 0.29) is 11.5 Å². The third-order valence-corrected chi connectivity index (χ3v) is 8.12. The van der Waals surface area contributed by atoms with Crippen molar-refractivity contribution in [1.29, 1.82) is 0 Å². The maximum absolute atomic E-state index is 14.9. The van der Waals surface area contributed by atoms with E-state index in [9.17, 15) is 26.3 Å². The Morgan fingerprint density at radius 1 is 0.388 bits per heavy atom. The minimum atomic E-state index is -5.75. The van der Waals surface area contributed by atoms with E-state index >= 15 is 0 Å². The van der Waals surface area contributed by atoms with Gasteiger partial charge < -0.3 is 20.9 Å². The number of alkyl halides is 6. The van der Waals surface area contributed by atoms with Crippen LogP contribution in [0, 0.1) is 0 Å². The van der Waals surface area contributed by atoms with E-state index in [4.69, 9.17) is 20.9 Å². The van der Waals surface area contributed by atoms with Gasteiger partial charge in [0.2, 0.25) is 5.41 Å². The fraction of sp³-hybridized carbons (Fsp3) is 0.0769. The zero-order valence-corrected chi connectivity index (χ0v) is 25.6. The van der Waals surface area contributed by atoms with E-state index in [2.05, 4.69) is 0 Å². The highest BCUT2D eigenvalue weighted by atomic mass is 19.4. The molecule has 49 heavy (non-hydrogen) atoms. The number of hydrogen-bond acceptors (Lipinski definition) is 4. The molecule has 0 heterocycles. The van der Waals surface area contributed by atoms with E-state index in [1.165, 1.54) is 24.3 Å². The Hall–Kier alpha value is -5.90. The monoisotopic (exact) mass is 670 g/mol.